The number of nitrogens with one attached hydrogen (secondary N) is 1. The number of esters is 1. The predicted octanol–water partition coefficient (Wildman–Crippen LogP) is 2.99. The molecule has 0 aliphatic rings. The Hall–Kier alpha value is -3.47. The van der Waals surface area contributed by atoms with E-state index < -0.39 is 20.9 Å². The number of nitro groups is 1. The van der Waals surface area contributed by atoms with Crippen molar-refractivity contribution >= 4 is 27.4 Å². The van der Waals surface area contributed by atoms with Crippen LogP contribution in [0.4, 0.5) is 5.69 Å². The van der Waals surface area contributed by atoms with E-state index in [0.29, 0.717) is 11.5 Å². The van der Waals surface area contributed by atoms with Crippen LogP contribution >= 0.6 is 0 Å². The van der Waals surface area contributed by atoms with E-state index in [1.54, 1.807) is 6.92 Å². The average molecular weight is 421 g/mol. The van der Waals surface area contributed by atoms with E-state index in [0.717, 1.165) is 0 Å². The molecule has 0 saturated carbocycles. The van der Waals surface area contributed by atoms with Crippen LogP contribution in [-0.2, 0) is 19.6 Å². The minimum atomic E-state index is -3.93. The maximum absolute atomic E-state index is 12.3. The van der Waals surface area contributed by atoms with E-state index in [-0.39, 0.29) is 29.3 Å². The van der Waals surface area contributed by atoms with Crippen molar-refractivity contribution in [1.82, 2.24) is 4.83 Å². The fourth-order valence-corrected chi connectivity index (χ4v) is 2.99. The molecule has 0 aliphatic heterocycles. The highest BCUT2D eigenvalue weighted by Crippen LogP contribution is 2.24. The first-order chi connectivity index (χ1) is 13.7. The summed E-state index contributed by atoms with van der Waals surface area (Å²) < 4.78 is 34.9. The first kappa shape index (κ1) is 21.8. The van der Waals surface area contributed by atoms with Crippen molar-refractivity contribution in [3.8, 4) is 11.5 Å². The molecule has 11 heteroatoms. The van der Waals surface area contributed by atoms with Crippen LogP contribution < -0.4 is 9.57 Å². The number of ether oxygens (including phenoxy) is 2. The number of carbonyl (C=O) groups is 1. The number of nitro benzene ring substituents is 1. The van der Waals surface area contributed by atoms with Crippen LogP contribution in [0.1, 0.15) is 20.3 Å². The van der Waals surface area contributed by atoms with Crippen LogP contribution in [0.5, 0.6) is 11.5 Å². The van der Waals surface area contributed by atoms with E-state index in [1.165, 1.54) is 55.5 Å². The molecule has 0 bridgehead atoms. The van der Waals surface area contributed by atoms with Gasteiger partial charge < -0.3 is 9.47 Å². The van der Waals surface area contributed by atoms with Crippen molar-refractivity contribution < 1.29 is 27.6 Å². The van der Waals surface area contributed by atoms with Gasteiger partial charge in [-0.3, -0.25) is 14.9 Å². The molecular formula is C18H19N3O7S. The number of hydrogen-bond donors (Lipinski definition) is 1. The van der Waals surface area contributed by atoms with Crippen LogP contribution in [0, 0.1) is 10.1 Å². The standard InChI is InChI=1S/C18H19N3O7S/c1-3-27-18(22)12-13(2)19-20-29(25,26)17-10-8-16(9-11-17)28-15-6-4-14(5-7-15)21(23)24/h4-11,20H,3,12H2,1-2H3/b19-13+. The molecule has 0 amide bonds. The molecule has 0 heterocycles. The van der Waals surface area contributed by atoms with Crippen LogP contribution in [0.3, 0.4) is 0 Å². The van der Waals surface area contributed by atoms with Crippen molar-refractivity contribution in [2.75, 3.05) is 6.61 Å². The van der Waals surface area contributed by atoms with E-state index in [1.807, 2.05) is 0 Å². The first-order valence-corrected chi connectivity index (χ1v) is 9.92. The number of nitrogens with zero attached hydrogens (tertiary/aromatic N) is 2. The van der Waals surface area contributed by atoms with Crippen molar-refractivity contribution in [2.24, 2.45) is 5.10 Å². The van der Waals surface area contributed by atoms with Gasteiger partial charge in [0.15, 0.2) is 0 Å². The molecule has 2 aromatic carbocycles. The van der Waals surface area contributed by atoms with Gasteiger partial charge in [-0.05, 0) is 50.2 Å². The molecule has 1 N–H and O–H groups in total. The summed E-state index contributed by atoms with van der Waals surface area (Å²) in [4.78, 5) is 23.5. The Bertz CT molecular complexity index is 1000. The summed E-state index contributed by atoms with van der Waals surface area (Å²) in [7, 11) is -3.93. The second-order valence-electron chi connectivity index (χ2n) is 5.75. The minimum Gasteiger partial charge on any atom is -0.466 e. The fourth-order valence-electron chi connectivity index (χ4n) is 2.11. The molecule has 0 atom stereocenters. The number of benzene rings is 2. The number of hydrogen-bond acceptors (Lipinski definition) is 8. The van der Waals surface area contributed by atoms with Gasteiger partial charge in [0, 0.05) is 17.8 Å². The third-order valence-electron chi connectivity index (χ3n) is 3.48. The summed E-state index contributed by atoms with van der Waals surface area (Å²) in [6.07, 6.45) is -0.127. The van der Waals surface area contributed by atoms with Gasteiger partial charge in [0.2, 0.25) is 0 Å². The van der Waals surface area contributed by atoms with Gasteiger partial charge in [-0.1, -0.05) is 0 Å². The first-order valence-electron chi connectivity index (χ1n) is 8.44. The largest absolute Gasteiger partial charge is 0.466 e. The van der Waals surface area contributed by atoms with E-state index >= 15 is 0 Å². The summed E-state index contributed by atoms with van der Waals surface area (Å²) in [5.41, 5.74) is 0.189. The minimum absolute atomic E-state index is 0.0544. The second kappa shape index (κ2) is 9.64. The van der Waals surface area contributed by atoms with Gasteiger partial charge in [0.25, 0.3) is 15.7 Å². The Morgan fingerprint density at radius 1 is 1.10 bits per heavy atom. The quantitative estimate of drug-likeness (QED) is 0.284. The van der Waals surface area contributed by atoms with Gasteiger partial charge >= 0.3 is 5.97 Å². The molecule has 0 saturated heterocycles. The SMILES string of the molecule is CCOC(=O)C/C(C)=N/NS(=O)(=O)c1ccc(Oc2ccc([N+](=O)[O-])cc2)cc1. The Morgan fingerprint density at radius 3 is 2.17 bits per heavy atom. The van der Waals surface area contributed by atoms with Crippen LogP contribution in [0.15, 0.2) is 58.5 Å². The molecule has 2 rings (SSSR count). The molecule has 0 aliphatic carbocycles. The van der Waals surface area contributed by atoms with Gasteiger partial charge in [0.05, 0.1) is 22.8 Å². The Labute approximate surface area is 167 Å². The van der Waals surface area contributed by atoms with E-state index in [4.69, 9.17) is 9.47 Å². The molecule has 0 fully saturated rings. The molecule has 10 nitrogen and oxygen atoms in total. The summed E-state index contributed by atoms with van der Waals surface area (Å²) in [6, 6.07) is 11.0. The summed E-state index contributed by atoms with van der Waals surface area (Å²) in [5.74, 6) is 0.212. The van der Waals surface area contributed by atoms with Crippen molar-refractivity contribution in [1.29, 1.82) is 0 Å². The number of sulfonamides is 1. The van der Waals surface area contributed by atoms with Crippen LogP contribution in [0.2, 0.25) is 0 Å². The summed E-state index contributed by atoms with van der Waals surface area (Å²) >= 11 is 0. The van der Waals surface area contributed by atoms with Crippen LogP contribution in [0.25, 0.3) is 0 Å². The maximum Gasteiger partial charge on any atom is 0.311 e. The monoisotopic (exact) mass is 421 g/mol. The fraction of sp³-hybridized carbons (Fsp3) is 0.222. The van der Waals surface area contributed by atoms with Gasteiger partial charge in [-0.25, -0.2) is 4.83 Å². The zero-order valence-electron chi connectivity index (χ0n) is 15.7. The lowest BCUT2D eigenvalue weighted by Gasteiger charge is -2.08. The molecule has 0 aromatic heterocycles. The zero-order chi connectivity index (χ0) is 21.4. The number of carbonyl (C=O) groups excluding carboxylic acids is 1. The van der Waals surface area contributed by atoms with E-state index in [9.17, 15) is 23.3 Å². The lowest BCUT2D eigenvalue weighted by Crippen LogP contribution is -2.20. The summed E-state index contributed by atoms with van der Waals surface area (Å²) in [6.45, 7) is 3.40. The molecule has 0 spiro atoms. The van der Waals surface area contributed by atoms with Crippen molar-refractivity contribution in [3.05, 3.63) is 58.6 Å². The van der Waals surface area contributed by atoms with Crippen molar-refractivity contribution in [2.45, 2.75) is 25.2 Å². The lowest BCUT2D eigenvalue weighted by atomic mass is 10.3. The third kappa shape index (κ3) is 6.57. The van der Waals surface area contributed by atoms with Crippen molar-refractivity contribution in [3.63, 3.8) is 0 Å². The highest BCUT2D eigenvalue weighted by Gasteiger charge is 2.14. The third-order valence-corrected chi connectivity index (χ3v) is 4.70. The molecular weight excluding hydrogens is 402 g/mol. The van der Waals surface area contributed by atoms with E-state index in [2.05, 4.69) is 9.93 Å². The van der Waals surface area contributed by atoms with Gasteiger partial charge in [0.1, 0.15) is 11.5 Å². The highest BCUT2D eigenvalue weighted by molar-refractivity contribution is 7.89. The molecule has 0 unspecified atom stereocenters. The topological polar surface area (TPSA) is 137 Å². The average Bonchev–Trinajstić information content (AvgIpc) is 2.67. The number of rotatable bonds is 9. The van der Waals surface area contributed by atoms with Gasteiger partial charge in [-0.15, -0.1) is 0 Å². The Morgan fingerprint density at radius 2 is 1.66 bits per heavy atom. The zero-order valence-corrected chi connectivity index (χ0v) is 16.5. The Balaban J connectivity index is 2.02. The van der Waals surface area contributed by atoms with Gasteiger partial charge in [-0.2, -0.15) is 13.5 Å². The molecule has 154 valence electrons. The smallest absolute Gasteiger partial charge is 0.311 e. The normalized spacial score (nSPS) is 11.6. The molecule has 29 heavy (non-hydrogen) atoms. The number of non-ortho nitro benzene ring substituents is 1. The molecule has 0 radical (unpaired) electrons. The maximum atomic E-state index is 12.3. The lowest BCUT2D eigenvalue weighted by molar-refractivity contribution is -0.384. The highest BCUT2D eigenvalue weighted by atomic mass is 32.2. The number of hydrazone groups is 1. The second-order valence-corrected chi connectivity index (χ2v) is 7.41. The Kier molecular flexibility index (Phi) is 7.26. The molecule has 2 aromatic rings. The van der Waals surface area contributed by atoms with Crippen LogP contribution in [-0.4, -0.2) is 31.6 Å². The predicted molar refractivity (Wildman–Crippen MR) is 104 cm³/mol. The summed E-state index contributed by atoms with van der Waals surface area (Å²) in [5, 5.41) is 14.3.